The summed E-state index contributed by atoms with van der Waals surface area (Å²) in [5.41, 5.74) is -1.58. The molecule has 4 nitrogen and oxygen atoms in total. The Labute approximate surface area is 209 Å². The summed E-state index contributed by atoms with van der Waals surface area (Å²) in [6, 6.07) is 5.77. The molecule has 1 heterocycles. The number of likely N-dealkylation sites (tertiary alicyclic amines) is 1. The van der Waals surface area contributed by atoms with E-state index in [2.05, 4.69) is 10.2 Å². The van der Waals surface area contributed by atoms with Crippen molar-refractivity contribution in [2.45, 2.75) is 88.4 Å². The number of nitrogens with zero attached hydrogens (tertiary/aromatic N) is 1. The molecule has 7 heteroatoms. The van der Waals surface area contributed by atoms with Crippen molar-refractivity contribution < 1.29 is 23.0 Å². The number of halogens is 3. The fourth-order valence-corrected chi connectivity index (χ4v) is 6.32. The van der Waals surface area contributed by atoms with Gasteiger partial charge in [0.05, 0.1) is 11.2 Å². The molecule has 1 aromatic rings. The van der Waals surface area contributed by atoms with E-state index in [1.807, 2.05) is 7.05 Å². The second-order valence-corrected chi connectivity index (χ2v) is 10.7. The lowest BCUT2D eigenvalue weighted by Crippen LogP contribution is -2.52. The van der Waals surface area contributed by atoms with Gasteiger partial charge in [0.1, 0.15) is 0 Å². The fraction of sp³-hybridized carbons (Fsp3) is 0.786. The third-order valence-corrected chi connectivity index (χ3v) is 8.26. The molecule has 35 heavy (non-hydrogen) atoms. The van der Waals surface area contributed by atoms with E-state index in [1.54, 1.807) is 13.2 Å². The van der Waals surface area contributed by atoms with E-state index in [9.17, 15) is 18.3 Å². The second-order valence-electron chi connectivity index (χ2n) is 10.7. The molecule has 1 aliphatic carbocycles. The Balaban J connectivity index is 1.82. The van der Waals surface area contributed by atoms with E-state index in [1.165, 1.54) is 44.2 Å². The van der Waals surface area contributed by atoms with E-state index in [-0.39, 0.29) is 5.92 Å². The number of alkyl halides is 3. The number of nitrogens with one attached hydrogen (secondary N) is 1. The Kier molecular flexibility index (Phi) is 10.9. The Morgan fingerprint density at radius 3 is 2.51 bits per heavy atom. The second kappa shape index (κ2) is 13.4. The predicted octanol–water partition coefficient (Wildman–Crippen LogP) is 5.98. The van der Waals surface area contributed by atoms with Crippen LogP contribution in [0.4, 0.5) is 13.2 Å². The number of ether oxygens (including phenoxy) is 1. The summed E-state index contributed by atoms with van der Waals surface area (Å²) in [6.07, 6.45) is 6.99. The highest BCUT2D eigenvalue weighted by atomic mass is 19.4. The van der Waals surface area contributed by atoms with Crippen LogP contribution in [0.25, 0.3) is 0 Å². The highest BCUT2D eigenvalue weighted by molar-refractivity contribution is 5.31. The molecule has 200 valence electrons. The number of likely N-dealkylation sites (N-methyl/N-ethyl adjacent to an activating group) is 1. The smallest absolute Gasteiger partial charge is 0.385 e. The highest BCUT2D eigenvalue weighted by Gasteiger charge is 2.42. The van der Waals surface area contributed by atoms with Gasteiger partial charge in [-0.15, -0.1) is 0 Å². The fourth-order valence-electron chi connectivity index (χ4n) is 6.32. The van der Waals surface area contributed by atoms with Crippen LogP contribution in [0.5, 0.6) is 0 Å². The van der Waals surface area contributed by atoms with Crippen molar-refractivity contribution >= 4 is 0 Å². The van der Waals surface area contributed by atoms with Gasteiger partial charge < -0.3 is 15.2 Å². The first kappa shape index (κ1) is 28.4. The standard InChI is InChI=1S/C28H45F3N2O2/c1-32-20-26(18-22-10-4-3-5-11-22)33-16-9-14-25(21-33)27(34,15-6-7-17-35-2)23-12-8-13-24(19-23)28(29,30)31/h8,12-13,19,22,25-26,32,34H,3-7,9-11,14-18,20-21H2,1-2H3/t25-,26?,27?/m1/s1. The van der Waals surface area contributed by atoms with Crippen LogP contribution >= 0.6 is 0 Å². The summed E-state index contributed by atoms with van der Waals surface area (Å²) in [6.45, 7) is 3.19. The van der Waals surface area contributed by atoms with Gasteiger partial charge in [0.15, 0.2) is 0 Å². The molecule has 3 atom stereocenters. The van der Waals surface area contributed by atoms with Crippen molar-refractivity contribution in [1.29, 1.82) is 0 Å². The number of unbranched alkanes of at least 4 members (excludes halogenated alkanes) is 1. The Bertz CT molecular complexity index is 754. The molecule has 1 aromatic carbocycles. The first-order valence-corrected chi connectivity index (χ1v) is 13.6. The van der Waals surface area contributed by atoms with Crippen LogP contribution in [0.1, 0.15) is 81.8 Å². The van der Waals surface area contributed by atoms with Gasteiger partial charge in [0.25, 0.3) is 0 Å². The molecule has 3 rings (SSSR count). The van der Waals surface area contributed by atoms with Crippen molar-refractivity contribution in [1.82, 2.24) is 10.2 Å². The molecular weight excluding hydrogens is 453 g/mol. The quantitative estimate of drug-likeness (QED) is 0.348. The summed E-state index contributed by atoms with van der Waals surface area (Å²) in [4.78, 5) is 2.51. The predicted molar refractivity (Wildman–Crippen MR) is 134 cm³/mol. The maximum absolute atomic E-state index is 13.5. The normalized spacial score (nSPS) is 23.2. The van der Waals surface area contributed by atoms with Gasteiger partial charge in [-0.25, -0.2) is 0 Å². The van der Waals surface area contributed by atoms with Gasteiger partial charge >= 0.3 is 6.18 Å². The summed E-state index contributed by atoms with van der Waals surface area (Å²) in [7, 11) is 3.64. The number of hydrogen-bond donors (Lipinski definition) is 2. The maximum atomic E-state index is 13.5. The van der Waals surface area contributed by atoms with Gasteiger partial charge in [-0.2, -0.15) is 13.2 Å². The molecule has 2 aliphatic rings. The zero-order chi connectivity index (χ0) is 25.3. The van der Waals surface area contributed by atoms with Gasteiger partial charge in [-0.05, 0) is 75.7 Å². The van der Waals surface area contributed by atoms with E-state index < -0.39 is 17.3 Å². The molecular formula is C28H45F3N2O2. The van der Waals surface area contributed by atoms with Crippen molar-refractivity contribution in [2.75, 3.05) is 40.4 Å². The zero-order valence-electron chi connectivity index (χ0n) is 21.6. The summed E-state index contributed by atoms with van der Waals surface area (Å²) >= 11 is 0. The topological polar surface area (TPSA) is 44.7 Å². The molecule has 1 saturated heterocycles. The average Bonchev–Trinajstić information content (AvgIpc) is 2.86. The highest BCUT2D eigenvalue weighted by Crippen LogP contribution is 2.42. The van der Waals surface area contributed by atoms with Crippen LogP contribution in [0.2, 0.25) is 0 Å². The van der Waals surface area contributed by atoms with Crippen LogP contribution in [0.3, 0.4) is 0 Å². The summed E-state index contributed by atoms with van der Waals surface area (Å²) in [5, 5.41) is 15.5. The van der Waals surface area contributed by atoms with Crippen LogP contribution in [0.15, 0.2) is 24.3 Å². The van der Waals surface area contributed by atoms with E-state index in [0.29, 0.717) is 31.1 Å². The average molecular weight is 499 g/mol. The van der Waals surface area contributed by atoms with Gasteiger partial charge in [-0.3, -0.25) is 4.90 Å². The Morgan fingerprint density at radius 1 is 1.09 bits per heavy atom. The van der Waals surface area contributed by atoms with Crippen LogP contribution < -0.4 is 5.32 Å². The number of piperidine rings is 1. The maximum Gasteiger partial charge on any atom is 0.416 e. The van der Waals surface area contributed by atoms with Crippen LogP contribution in [-0.2, 0) is 16.5 Å². The molecule has 0 amide bonds. The van der Waals surface area contributed by atoms with Crippen LogP contribution in [0, 0.1) is 11.8 Å². The number of aliphatic hydroxyl groups is 1. The monoisotopic (exact) mass is 498 g/mol. The largest absolute Gasteiger partial charge is 0.416 e. The van der Waals surface area contributed by atoms with E-state index in [4.69, 9.17) is 4.74 Å². The Hall–Kier alpha value is -1.15. The summed E-state index contributed by atoms with van der Waals surface area (Å²) in [5.74, 6) is 0.645. The molecule has 1 aliphatic heterocycles. The number of rotatable bonds is 12. The minimum absolute atomic E-state index is 0.104. The molecule has 2 unspecified atom stereocenters. The molecule has 0 bridgehead atoms. The minimum atomic E-state index is -4.43. The lowest BCUT2D eigenvalue weighted by atomic mass is 9.73. The van der Waals surface area contributed by atoms with Crippen molar-refractivity contribution in [3.05, 3.63) is 35.4 Å². The Morgan fingerprint density at radius 2 is 1.83 bits per heavy atom. The van der Waals surface area contributed by atoms with E-state index >= 15 is 0 Å². The van der Waals surface area contributed by atoms with Crippen molar-refractivity contribution in [3.63, 3.8) is 0 Å². The first-order valence-electron chi connectivity index (χ1n) is 13.6. The number of hydrogen-bond acceptors (Lipinski definition) is 4. The minimum Gasteiger partial charge on any atom is -0.385 e. The third-order valence-electron chi connectivity index (χ3n) is 8.26. The molecule has 0 spiro atoms. The zero-order valence-corrected chi connectivity index (χ0v) is 21.6. The number of benzene rings is 1. The lowest BCUT2D eigenvalue weighted by Gasteiger charge is -2.46. The van der Waals surface area contributed by atoms with Crippen LogP contribution in [-0.4, -0.2) is 56.4 Å². The molecule has 2 N–H and O–H groups in total. The molecule has 0 aromatic heterocycles. The first-order chi connectivity index (χ1) is 16.8. The van der Waals surface area contributed by atoms with Crippen molar-refractivity contribution in [2.24, 2.45) is 11.8 Å². The van der Waals surface area contributed by atoms with Gasteiger partial charge in [0.2, 0.25) is 0 Å². The summed E-state index contributed by atoms with van der Waals surface area (Å²) < 4.78 is 45.7. The van der Waals surface area contributed by atoms with Gasteiger partial charge in [-0.1, -0.05) is 44.2 Å². The molecule has 0 radical (unpaired) electrons. The number of methoxy groups -OCH3 is 1. The van der Waals surface area contributed by atoms with Crippen molar-refractivity contribution in [3.8, 4) is 0 Å². The lowest BCUT2D eigenvalue weighted by molar-refractivity contribution is -0.138. The molecule has 2 fully saturated rings. The molecule has 1 saturated carbocycles. The third kappa shape index (κ3) is 7.91. The van der Waals surface area contributed by atoms with Gasteiger partial charge in [0, 0.05) is 38.8 Å². The SMILES string of the molecule is CNCC(CC1CCCCC1)N1CCC[C@@H](C(O)(CCCCOC)c2cccc(C(F)(F)F)c2)C1. The van der Waals surface area contributed by atoms with E-state index in [0.717, 1.165) is 57.3 Å².